The van der Waals surface area contributed by atoms with Crippen LogP contribution in [0.3, 0.4) is 0 Å². The summed E-state index contributed by atoms with van der Waals surface area (Å²) in [5.41, 5.74) is 2.14. The molecule has 1 heterocycles. The summed E-state index contributed by atoms with van der Waals surface area (Å²) < 4.78 is 6.21. The van der Waals surface area contributed by atoms with Crippen molar-refractivity contribution < 1.29 is 30.3 Å². The molecule has 1 aliphatic rings. The molecule has 1 saturated heterocycles. The Balaban J connectivity index is 2.26. The van der Waals surface area contributed by atoms with Crippen LogP contribution in [-0.2, 0) is 4.74 Å². The van der Waals surface area contributed by atoms with E-state index >= 15 is 0 Å². The van der Waals surface area contributed by atoms with Gasteiger partial charge in [0.05, 0.1) is 40.7 Å². The van der Waals surface area contributed by atoms with Crippen molar-refractivity contribution in [3.63, 3.8) is 0 Å². The first-order chi connectivity index (χ1) is 23.6. The minimum atomic E-state index is -0.830. The van der Waals surface area contributed by atoms with Crippen LogP contribution in [0.4, 0.5) is 0 Å². The van der Waals surface area contributed by atoms with Gasteiger partial charge >= 0.3 is 0 Å². The molecule has 6 nitrogen and oxygen atoms in total. The Morgan fingerprint density at radius 3 is 1.35 bits per heavy atom. The Morgan fingerprint density at radius 2 is 0.961 bits per heavy atom. The predicted octanol–water partition coefficient (Wildman–Crippen LogP) is 10.7. The molecule has 1 rings (SSSR count). The van der Waals surface area contributed by atoms with Gasteiger partial charge in [0.1, 0.15) is 0 Å². The maximum atomic E-state index is 11.0. The van der Waals surface area contributed by atoms with E-state index in [1.54, 1.807) is 0 Å². The van der Waals surface area contributed by atoms with Gasteiger partial charge < -0.3 is 30.3 Å². The van der Waals surface area contributed by atoms with Crippen molar-refractivity contribution in [2.24, 2.45) is 0 Å². The second-order valence-corrected chi connectivity index (χ2v) is 18.2. The van der Waals surface area contributed by atoms with E-state index in [9.17, 15) is 20.4 Å². The lowest BCUT2D eigenvalue weighted by molar-refractivity contribution is -0.119. The minimum Gasteiger partial charge on any atom is -0.392 e. The molecule has 298 valence electrons. The number of hydrogen-bond donors (Lipinski definition) is 5. The molecule has 1 aliphatic heterocycles. The molecule has 0 aromatic rings. The van der Waals surface area contributed by atoms with Crippen LogP contribution in [-0.4, -0.2) is 66.2 Å². The maximum Gasteiger partial charge on any atom is 0.0864 e. The number of allylic oxidation sites excluding steroid dienone is 7. The molecule has 0 spiro atoms. The lowest BCUT2D eigenvalue weighted by Gasteiger charge is -2.31. The summed E-state index contributed by atoms with van der Waals surface area (Å²) in [6, 6.07) is 0. The van der Waals surface area contributed by atoms with Gasteiger partial charge in [0.15, 0.2) is 0 Å². The predicted molar refractivity (Wildman–Crippen MR) is 216 cm³/mol. The standard InChI is InChI=1S/C45H82O6/c1-36(18-11-19-37(2)21-13-23-39(4)26-35-46)20-12-22-38(3)24-14-27-42(7,48)28-15-29-43(8,49)30-16-31-44(9,50)32-17-33-45(10)34-25-40(51-45)41(5,6)47/h18,21-22,26,40,46-50H,11-17,19-20,23-25,27-35H2,1-10H3/b36-18+,37-21-,38-22-,39-26-/t40-,42-,43+,44-,45+/m0/s1. The summed E-state index contributed by atoms with van der Waals surface area (Å²) in [6.45, 7) is 20.3. The smallest absolute Gasteiger partial charge is 0.0864 e. The largest absolute Gasteiger partial charge is 0.392 e. The van der Waals surface area contributed by atoms with Gasteiger partial charge in [0.2, 0.25) is 0 Å². The van der Waals surface area contributed by atoms with Gasteiger partial charge in [0, 0.05) is 0 Å². The molecule has 0 aromatic carbocycles. The van der Waals surface area contributed by atoms with E-state index < -0.39 is 22.4 Å². The summed E-state index contributed by atoms with van der Waals surface area (Å²) in [5, 5.41) is 52.3. The Bertz CT molecular complexity index is 1100. The van der Waals surface area contributed by atoms with Crippen LogP contribution in [0.5, 0.6) is 0 Å². The highest BCUT2D eigenvalue weighted by molar-refractivity contribution is 5.07. The summed E-state index contributed by atoms with van der Waals surface area (Å²) in [4.78, 5) is 0. The van der Waals surface area contributed by atoms with Gasteiger partial charge in [-0.05, 0) is 198 Å². The number of aliphatic hydroxyl groups excluding tert-OH is 1. The van der Waals surface area contributed by atoms with Crippen molar-refractivity contribution in [3.05, 3.63) is 46.6 Å². The summed E-state index contributed by atoms with van der Waals surface area (Å²) in [6.07, 6.45) is 26.3. The fourth-order valence-electron chi connectivity index (χ4n) is 7.45. The Hall–Kier alpha value is -1.28. The first-order valence-electron chi connectivity index (χ1n) is 20.4. The van der Waals surface area contributed by atoms with Crippen LogP contribution >= 0.6 is 0 Å². The second-order valence-electron chi connectivity index (χ2n) is 18.2. The monoisotopic (exact) mass is 719 g/mol. The van der Waals surface area contributed by atoms with Crippen LogP contribution in [0.15, 0.2) is 46.6 Å². The van der Waals surface area contributed by atoms with Gasteiger partial charge in [-0.15, -0.1) is 0 Å². The van der Waals surface area contributed by atoms with Crippen molar-refractivity contribution in [2.75, 3.05) is 6.61 Å². The lowest BCUT2D eigenvalue weighted by atomic mass is 9.84. The quantitative estimate of drug-likeness (QED) is 0.0541. The van der Waals surface area contributed by atoms with Gasteiger partial charge in [-0.2, -0.15) is 0 Å². The van der Waals surface area contributed by atoms with Crippen molar-refractivity contribution in [3.8, 4) is 0 Å². The van der Waals surface area contributed by atoms with E-state index in [0.717, 1.165) is 96.3 Å². The molecule has 5 N–H and O–H groups in total. The van der Waals surface area contributed by atoms with Crippen molar-refractivity contribution in [1.29, 1.82) is 0 Å². The molecule has 1 fully saturated rings. The van der Waals surface area contributed by atoms with E-state index in [2.05, 4.69) is 52.8 Å². The summed E-state index contributed by atoms with van der Waals surface area (Å²) in [7, 11) is 0. The SMILES string of the molecule is C/C(=C/CO)CC/C=C(/C)CC/C=C(\C)CC/C=C(/C)CCC[C@](C)(O)CCC[C@@](C)(O)CCC[C@](C)(O)CCC[C@]1(C)CC[C@@H](C(C)(C)O)O1. The third kappa shape index (κ3) is 23.2. The summed E-state index contributed by atoms with van der Waals surface area (Å²) >= 11 is 0. The molecule has 6 heteroatoms. The number of aliphatic hydroxyl groups is 5. The number of hydrogen-bond acceptors (Lipinski definition) is 6. The molecule has 0 aromatic heterocycles. The molecule has 0 aliphatic carbocycles. The van der Waals surface area contributed by atoms with Crippen molar-refractivity contribution >= 4 is 0 Å². The molecule has 0 amide bonds. The third-order valence-electron chi connectivity index (χ3n) is 11.3. The zero-order valence-electron chi connectivity index (χ0n) is 34.9. The second kappa shape index (κ2) is 22.8. The molecular weight excluding hydrogens is 636 g/mol. The fourth-order valence-corrected chi connectivity index (χ4v) is 7.45. The molecule has 0 unspecified atom stereocenters. The van der Waals surface area contributed by atoms with Crippen LogP contribution < -0.4 is 0 Å². The zero-order valence-corrected chi connectivity index (χ0v) is 34.9. The fraction of sp³-hybridized carbons (Fsp3) is 0.822. The molecule has 5 atom stereocenters. The Labute approximate surface area is 314 Å². The highest BCUT2D eigenvalue weighted by Gasteiger charge is 2.42. The van der Waals surface area contributed by atoms with Gasteiger partial charge in [-0.3, -0.25) is 0 Å². The van der Waals surface area contributed by atoms with Gasteiger partial charge in [0.25, 0.3) is 0 Å². The van der Waals surface area contributed by atoms with E-state index in [1.807, 2.05) is 40.7 Å². The van der Waals surface area contributed by atoms with E-state index in [1.165, 1.54) is 22.3 Å². The van der Waals surface area contributed by atoms with Gasteiger partial charge in [-0.1, -0.05) is 46.6 Å². The topological polar surface area (TPSA) is 110 Å². The average Bonchev–Trinajstić information content (AvgIpc) is 3.39. The molecule has 0 saturated carbocycles. The normalized spacial score (nSPS) is 23.3. The van der Waals surface area contributed by atoms with Crippen LogP contribution in [0.1, 0.15) is 198 Å². The first-order valence-corrected chi connectivity index (χ1v) is 20.4. The van der Waals surface area contributed by atoms with Gasteiger partial charge in [-0.25, -0.2) is 0 Å². The van der Waals surface area contributed by atoms with E-state index in [0.29, 0.717) is 32.1 Å². The Morgan fingerprint density at radius 1 is 0.588 bits per heavy atom. The van der Waals surface area contributed by atoms with Crippen LogP contribution in [0.25, 0.3) is 0 Å². The van der Waals surface area contributed by atoms with E-state index in [-0.39, 0.29) is 18.3 Å². The van der Waals surface area contributed by atoms with Crippen LogP contribution in [0.2, 0.25) is 0 Å². The summed E-state index contributed by atoms with van der Waals surface area (Å²) in [5.74, 6) is 0. The van der Waals surface area contributed by atoms with Crippen molar-refractivity contribution in [2.45, 2.75) is 232 Å². The molecule has 0 radical (unpaired) electrons. The van der Waals surface area contributed by atoms with Crippen molar-refractivity contribution in [1.82, 2.24) is 0 Å². The average molecular weight is 719 g/mol. The highest BCUT2D eigenvalue weighted by Crippen LogP contribution is 2.39. The Kier molecular flexibility index (Phi) is 21.4. The molecule has 51 heavy (non-hydrogen) atoms. The zero-order chi connectivity index (χ0) is 38.8. The maximum absolute atomic E-state index is 11.0. The highest BCUT2D eigenvalue weighted by atomic mass is 16.5. The molecule has 0 bridgehead atoms. The lowest BCUT2D eigenvalue weighted by Crippen LogP contribution is -2.38. The minimum absolute atomic E-state index is 0.128. The van der Waals surface area contributed by atoms with E-state index in [4.69, 9.17) is 9.84 Å². The number of rotatable bonds is 27. The van der Waals surface area contributed by atoms with Crippen LogP contribution in [0, 0.1) is 0 Å². The third-order valence-corrected chi connectivity index (χ3v) is 11.3. The molecular formula is C45H82O6. The number of ether oxygens (including phenoxy) is 1. The first kappa shape index (κ1) is 47.7.